The molecule has 0 saturated carbocycles. The molecule has 2 aliphatic heterocycles. The topological polar surface area (TPSA) is 53.1 Å². The second-order valence-electron chi connectivity index (χ2n) is 9.06. The van der Waals surface area contributed by atoms with E-state index >= 15 is 0 Å². The molecule has 32 heavy (non-hydrogen) atoms. The second kappa shape index (κ2) is 11.5. The zero-order chi connectivity index (χ0) is 23.1. The molecule has 0 bridgehead atoms. The normalized spacial score (nSPS) is 18.1. The fourth-order valence-corrected chi connectivity index (χ4v) is 4.55. The van der Waals surface area contributed by atoms with Crippen molar-refractivity contribution >= 4 is 17.4 Å². The third-order valence-corrected chi connectivity index (χ3v) is 6.58. The summed E-state index contributed by atoms with van der Waals surface area (Å²) in [5.41, 5.74) is 1.88. The summed E-state index contributed by atoms with van der Waals surface area (Å²) in [7, 11) is 4.11. The highest BCUT2D eigenvalue weighted by molar-refractivity contribution is 6.35. The summed E-state index contributed by atoms with van der Waals surface area (Å²) in [5.74, 6) is 0.479. The average molecular weight is 442 g/mol. The Kier molecular flexibility index (Phi) is 8.74. The number of carbonyl (C=O) groups excluding carboxylic acids is 2. The second-order valence-corrected chi connectivity index (χ2v) is 9.06. The number of benzene rings is 1. The predicted octanol–water partition coefficient (Wildman–Crippen LogP) is 4.16. The van der Waals surface area contributed by atoms with Gasteiger partial charge in [-0.3, -0.25) is 14.5 Å². The smallest absolute Gasteiger partial charge is 0.277 e. The van der Waals surface area contributed by atoms with E-state index in [2.05, 4.69) is 30.7 Å². The Morgan fingerprint density at radius 2 is 1.66 bits per heavy atom. The Morgan fingerprint density at radius 1 is 0.969 bits per heavy atom. The number of amides is 2. The number of ether oxygens (including phenoxy) is 1. The fraction of sp³-hybridized carbons (Fsp3) is 0.615. The first-order valence-corrected chi connectivity index (χ1v) is 12.2. The molecular formula is C26H39N3O3. The van der Waals surface area contributed by atoms with Gasteiger partial charge < -0.3 is 14.5 Å². The summed E-state index contributed by atoms with van der Waals surface area (Å²) in [6.07, 6.45) is 7.07. The number of imide groups is 1. The third-order valence-electron chi connectivity index (χ3n) is 6.58. The number of piperidine rings is 1. The minimum atomic E-state index is -0.163. The van der Waals surface area contributed by atoms with Crippen LogP contribution in [0.15, 0.2) is 30.0 Å². The first kappa shape index (κ1) is 24.3. The minimum Gasteiger partial charge on any atom is -0.494 e. The number of rotatable bonds is 11. The van der Waals surface area contributed by atoms with Gasteiger partial charge in [-0.2, -0.15) is 0 Å². The number of likely N-dealkylation sites (N-methyl/N-ethyl adjacent to an activating group) is 1. The van der Waals surface area contributed by atoms with E-state index in [9.17, 15) is 9.59 Å². The van der Waals surface area contributed by atoms with Crippen LogP contribution in [-0.4, -0.2) is 72.9 Å². The first-order valence-electron chi connectivity index (χ1n) is 12.2. The van der Waals surface area contributed by atoms with Crippen molar-refractivity contribution in [3.63, 3.8) is 0 Å². The molecule has 0 unspecified atom stereocenters. The van der Waals surface area contributed by atoms with Crippen molar-refractivity contribution in [2.75, 3.05) is 40.3 Å². The van der Waals surface area contributed by atoms with Gasteiger partial charge in [0, 0.05) is 19.6 Å². The number of nitrogens with zero attached hydrogens (tertiary/aromatic N) is 3. The fourth-order valence-electron chi connectivity index (χ4n) is 4.55. The predicted molar refractivity (Wildman–Crippen MR) is 128 cm³/mol. The van der Waals surface area contributed by atoms with E-state index in [4.69, 9.17) is 4.74 Å². The standard InChI is InChI=1S/C26H39N3O3/c1-5-7-8-9-16-29-25(30)23(20-10-12-22(13-11-20)32-19-6-2)24(26(29)31)28(4)21-14-17-27(3)18-15-21/h10-13,21H,5-9,14-19H2,1-4H3. The summed E-state index contributed by atoms with van der Waals surface area (Å²) >= 11 is 0. The molecule has 2 aliphatic rings. The highest BCUT2D eigenvalue weighted by atomic mass is 16.5. The van der Waals surface area contributed by atoms with Crippen molar-refractivity contribution in [2.45, 2.75) is 64.8 Å². The van der Waals surface area contributed by atoms with Crippen molar-refractivity contribution in [3.8, 4) is 5.75 Å². The van der Waals surface area contributed by atoms with Crippen LogP contribution >= 0.6 is 0 Å². The molecule has 0 aromatic heterocycles. The molecule has 0 N–H and O–H groups in total. The van der Waals surface area contributed by atoms with Crippen molar-refractivity contribution < 1.29 is 14.3 Å². The van der Waals surface area contributed by atoms with Gasteiger partial charge in [-0.05, 0) is 63.5 Å². The lowest BCUT2D eigenvalue weighted by Gasteiger charge is -2.36. The van der Waals surface area contributed by atoms with Crippen LogP contribution in [0, 0.1) is 0 Å². The molecule has 0 aliphatic carbocycles. The van der Waals surface area contributed by atoms with E-state index in [-0.39, 0.29) is 17.9 Å². The number of unbranched alkanes of at least 4 members (excludes halogenated alkanes) is 3. The highest BCUT2D eigenvalue weighted by Gasteiger charge is 2.42. The largest absolute Gasteiger partial charge is 0.494 e. The summed E-state index contributed by atoms with van der Waals surface area (Å²) in [5, 5.41) is 0. The molecule has 0 radical (unpaired) electrons. The Labute approximate surface area is 193 Å². The van der Waals surface area contributed by atoms with Gasteiger partial charge in [0.2, 0.25) is 0 Å². The third kappa shape index (κ3) is 5.52. The Bertz CT molecular complexity index is 810. The molecule has 1 fully saturated rings. The van der Waals surface area contributed by atoms with Crippen LogP contribution in [0.3, 0.4) is 0 Å². The number of likely N-dealkylation sites (tertiary alicyclic amines) is 1. The van der Waals surface area contributed by atoms with Crippen LogP contribution in [-0.2, 0) is 9.59 Å². The van der Waals surface area contributed by atoms with Gasteiger partial charge >= 0.3 is 0 Å². The summed E-state index contributed by atoms with van der Waals surface area (Å²) in [6.45, 7) is 7.39. The molecule has 0 atom stereocenters. The maximum atomic E-state index is 13.5. The molecule has 176 valence electrons. The van der Waals surface area contributed by atoms with E-state index in [1.807, 2.05) is 31.3 Å². The van der Waals surface area contributed by atoms with Crippen molar-refractivity contribution in [1.82, 2.24) is 14.7 Å². The average Bonchev–Trinajstić information content (AvgIpc) is 3.05. The lowest BCUT2D eigenvalue weighted by molar-refractivity contribution is -0.137. The molecule has 6 heteroatoms. The zero-order valence-electron chi connectivity index (χ0n) is 20.2. The van der Waals surface area contributed by atoms with Crippen molar-refractivity contribution in [2.24, 2.45) is 0 Å². The Hall–Kier alpha value is -2.34. The van der Waals surface area contributed by atoms with Crippen molar-refractivity contribution in [1.29, 1.82) is 0 Å². The highest BCUT2D eigenvalue weighted by Crippen LogP contribution is 2.34. The van der Waals surface area contributed by atoms with Crippen molar-refractivity contribution in [3.05, 3.63) is 35.5 Å². The molecule has 2 heterocycles. The van der Waals surface area contributed by atoms with E-state index < -0.39 is 0 Å². The Balaban J connectivity index is 1.88. The summed E-state index contributed by atoms with van der Waals surface area (Å²) in [6, 6.07) is 7.88. The molecule has 1 aromatic rings. The van der Waals surface area contributed by atoms with E-state index in [0.29, 0.717) is 24.4 Å². The molecule has 6 nitrogen and oxygen atoms in total. The van der Waals surface area contributed by atoms with Gasteiger partial charge in [-0.15, -0.1) is 0 Å². The molecule has 2 amide bonds. The van der Waals surface area contributed by atoms with E-state index in [1.165, 1.54) is 4.90 Å². The SMILES string of the molecule is CCCCCCN1C(=O)C(c2ccc(OCCC)cc2)=C(N(C)C2CCN(C)CC2)C1=O. The van der Waals surface area contributed by atoms with E-state index in [1.54, 1.807) is 0 Å². The van der Waals surface area contributed by atoms with Crippen LogP contribution in [0.25, 0.3) is 5.57 Å². The van der Waals surface area contributed by atoms with Gasteiger partial charge in [0.05, 0.1) is 12.2 Å². The summed E-state index contributed by atoms with van der Waals surface area (Å²) in [4.78, 5) is 32.8. The maximum absolute atomic E-state index is 13.5. The van der Waals surface area contributed by atoms with Gasteiger partial charge in [0.1, 0.15) is 11.4 Å². The quantitative estimate of drug-likeness (QED) is 0.381. The van der Waals surface area contributed by atoms with E-state index in [0.717, 1.165) is 69.3 Å². The molecule has 3 rings (SSSR count). The van der Waals surface area contributed by atoms with Crippen LogP contribution < -0.4 is 4.74 Å². The van der Waals surface area contributed by atoms with Crippen LogP contribution in [0.2, 0.25) is 0 Å². The molecular weight excluding hydrogens is 402 g/mol. The maximum Gasteiger partial charge on any atom is 0.277 e. The summed E-state index contributed by atoms with van der Waals surface area (Å²) < 4.78 is 5.70. The van der Waals surface area contributed by atoms with Crippen LogP contribution in [0.4, 0.5) is 0 Å². The number of hydrogen-bond donors (Lipinski definition) is 0. The Morgan fingerprint density at radius 3 is 2.28 bits per heavy atom. The zero-order valence-corrected chi connectivity index (χ0v) is 20.2. The molecule has 0 spiro atoms. The van der Waals surface area contributed by atoms with Gasteiger partial charge in [-0.25, -0.2) is 0 Å². The first-order chi connectivity index (χ1) is 15.5. The van der Waals surface area contributed by atoms with Gasteiger partial charge in [0.25, 0.3) is 11.8 Å². The van der Waals surface area contributed by atoms with Gasteiger partial charge in [0.15, 0.2) is 0 Å². The lowest BCUT2D eigenvalue weighted by atomic mass is 10.00. The number of carbonyl (C=O) groups is 2. The number of hydrogen-bond acceptors (Lipinski definition) is 5. The minimum absolute atomic E-state index is 0.144. The lowest BCUT2D eigenvalue weighted by Crippen LogP contribution is -2.43. The van der Waals surface area contributed by atoms with Gasteiger partial charge in [-0.1, -0.05) is 45.2 Å². The molecule has 1 saturated heterocycles. The van der Waals surface area contributed by atoms with Crippen LogP contribution in [0.5, 0.6) is 5.75 Å². The monoisotopic (exact) mass is 441 g/mol. The van der Waals surface area contributed by atoms with Crippen LogP contribution in [0.1, 0.15) is 64.4 Å². The molecule has 1 aromatic carbocycles.